The van der Waals surface area contributed by atoms with Gasteiger partial charge in [-0.1, -0.05) is 6.92 Å². The van der Waals surface area contributed by atoms with Crippen molar-refractivity contribution < 1.29 is 33.0 Å². The van der Waals surface area contributed by atoms with Gasteiger partial charge in [0.1, 0.15) is 12.7 Å². The maximum absolute atomic E-state index is 12.7. The van der Waals surface area contributed by atoms with Crippen LogP contribution < -0.4 is 4.74 Å². The lowest BCUT2D eigenvalue weighted by Gasteiger charge is -2.23. The van der Waals surface area contributed by atoms with E-state index in [9.17, 15) is 14.4 Å². The van der Waals surface area contributed by atoms with Crippen LogP contribution in [0.15, 0.2) is 10.7 Å². The van der Waals surface area contributed by atoms with Crippen molar-refractivity contribution in [2.45, 2.75) is 38.6 Å². The van der Waals surface area contributed by atoms with Crippen LogP contribution in [0.25, 0.3) is 11.0 Å². The Kier molecular flexibility index (Phi) is 3.43. The van der Waals surface area contributed by atoms with Crippen LogP contribution in [0.2, 0.25) is 0 Å². The molecule has 3 atom stereocenters. The molecule has 1 aromatic carbocycles. The molecule has 0 saturated carbocycles. The van der Waals surface area contributed by atoms with Crippen molar-refractivity contribution in [2.75, 3.05) is 7.11 Å². The van der Waals surface area contributed by atoms with Crippen LogP contribution in [-0.4, -0.2) is 37.4 Å². The van der Waals surface area contributed by atoms with Gasteiger partial charge in [-0.2, -0.15) is 0 Å². The number of benzene rings is 1. The number of ketones is 1. The fourth-order valence-corrected chi connectivity index (χ4v) is 3.70. The first kappa shape index (κ1) is 15.8. The van der Waals surface area contributed by atoms with Crippen molar-refractivity contribution in [2.24, 2.45) is 0 Å². The van der Waals surface area contributed by atoms with Gasteiger partial charge in [0.2, 0.25) is 0 Å². The highest BCUT2D eigenvalue weighted by Crippen LogP contribution is 2.51. The van der Waals surface area contributed by atoms with E-state index in [1.165, 1.54) is 20.3 Å². The third-order valence-corrected chi connectivity index (χ3v) is 4.86. The molecule has 2 heterocycles. The van der Waals surface area contributed by atoms with E-state index in [-0.39, 0.29) is 30.2 Å². The van der Waals surface area contributed by atoms with E-state index in [1.807, 2.05) is 6.92 Å². The number of rotatable bonds is 4. The summed E-state index contributed by atoms with van der Waals surface area (Å²) in [7, 11) is 1.45. The third-order valence-electron chi connectivity index (χ3n) is 4.86. The number of carbonyl (C=O) groups is 3. The first-order chi connectivity index (χ1) is 12.0. The number of esters is 1. The van der Waals surface area contributed by atoms with E-state index < -0.39 is 12.1 Å². The van der Waals surface area contributed by atoms with Gasteiger partial charge < -0.3 is 18.6 Å². The summed E-state index contributed by atoms with van der Waals surface area (Å²) in [6, 6.07) is 0. The fourth-order valence-electron chi connectivity index (χ4n) is 3.70. The number of epoxide rings is 1. The second-order valence-electron chi connectivity index (χ2n) is 6.27. The average molecular weight is 344 g/mol. The van der Waals surface area contributed by atoms with E-state index >= 15 is 0 Å². The number of aldehydes is 1. The van der Waals surface area contributed by atoms with Crippen molar-refractivity contribution in [3.05, 3.63) is 28.5 Å². The smallest absolute Gasteiger partial charge is 0.302 e. The highest BCUT2D eigenvalue weighted by Gasteiger charge is 2.55. The van der Waals surface area contributed by atoms with Gasteiger partial charge in [0.05, 0.1) is 25.0 Å². The molecule has 1 fully saturated rings. The summed E-state index contributed by atoms with van der Waals surface area (Å²) in [5, 5.41) is 0.505. The molecule has 130 valence electrons. The molecule has 2 aromatic rings. The monoisotopic (exact) mass is 344 g/mol. The van der Waals surface area contributed by atoms with Gasteiger partial charge >= 0.3 is 5.97 Å². The van der Waals surface area contributed by atoms with E-state index in [0.29, 0.717) is 39.5 Å². The molecule has 1 aliphatic heterocycles. The lowest BCUT2D eigenvalue weighted by Crippen LogP contribution is -2.25. The fraction of sp³-hybridized carbons (Fsp3) is 0.389. The number of fused-ring (bicyclic) bond motifs is 3. The maximum atomic E-state index is 12.7. The molecule has 1 aromatic heterocycles. The number of ether oxygens (including phenoxy) is 3. The zero-order chi connectivity index (χ0) is 17.9. The summed E-state index contributed by atoms with van der Waals surface area (Å²) in [5.41, 5.74) is 2.15. The van der Waals surface area contributed by atoms with Crippen LogP contribution in [0.1, 0.15) is 51.6 Å². The first-order valence-electron chi connectivity index (χ1n) is 7.91. The zero-order valence-electron chi connectivity index (χ0n) is 14.0. The molecule has 25 heavy (non-hydrogen) atoms. The molecule has 1 saturated heterocycles. The zero-order valence-corrected chi connectivity index (χ0v) is 14.0. The van der Waals surface area contributed by atoms with E-state index in [0.717, 1.165) is 0 Å². The summed E-state index contributed by atoms with van der Waals surface area (Å²) < 4.78 is 21.5. The number of methoxy groups -OCH3 is 1. The average Bonchev–Trinajstić information content (AvgIpc) is 3.30. The van der Waals surface area contributed by atoms with Gasteiger partial charge in [-0.05, 0) is 5.56 Å². The first-order valence-corrected chi connectivity index (χ1v) is 7.91. The molecule has 0 radical (unpaired) electrons. The Morgan fingerprint density at radius 2 is 2.16 bits per heavy atom. The van der Waals surface area contributed by atoms with Gasteiger partial charge in [-0.25, -0.2) is 0 Å². The SMILES string of the molecule is COc1c2c(c(C=O)c3c(COC(C)=O)coc13)[C@@H](C)[C@@H]1O[C@@H]1C2=O. The number of furan rings is 1. The summed E-state index contributed by atoms with van der Waals surface area (Å²) in [4.78, 5) is 35.7. The van der Waals surface area contributed by atoms with Gasteiger partial charge in [0.15, 0.2) is 23.4 Å². The van der Waals surface area contributed by atoms with Crippen LogP contribution in [0, 0.1) is 0 Å². The lowest BCUT2D eigenvalue weighted by atomic mass is 9.78. The Labute approximate surface area is 142 Å². The highest BCUT2D eigenvalue weighted by molar-refractivity contribution is 6.15. The van der Waals surface area contributed by atoms with Gasteiger partial charge in [0.25, 0.3) is 0 Å². The molecule has 7 heteroatoms. The van der Waals surface area contributed by atoms with Crippen LogP contribution in [-0.2, 0) is 20.9 Å². The van der Waals surface area contributed by atoms with Crippen molar-refractivity contribution in [1.29, 1.82) is 0 Å². The normalized spacial score (nSPS) is 23.8. The van der Waals surface area contributed by atoms with E-state index in [2.05, 4.69) is 0 Å². The van der Waals surface area contributed by atoms with E-state index in [4.69, 9.17) is 18.6 Å². The van der Waals surface area contributed by atoms with Gasteiger partial charge in [-0.15, -0.1) is 0 Å². The Morgan fingerprint density at radius 1 is 1.40 bits per heavy atom. The molecule has 7 nitrogen and oxygen atoms in total. The van der Waals surface area contributed by atoms with Crippen LogP contribution in [0.5, 0.6) is 5.75 Å². The molecular formula is C18H16O7. The molecule has 0 amide bonds. The Balaban J connectivity index is 2.03. The van der Waals surface area contributed by atoms with Gasteiger partial charge in [-0.3, -0.25) is 14.4 Å². The molecule has 1 aliphatic carbocycles. The third kappa shape index (κ3) is 2.12. The molecule has 0 unspecified atom stereocenters. The molecule has 0 bridgehead atoms. The second-order valence-corrected chi connectivity index (χ2v) is 6.27. The number of hydrogen-bond acceptors (Lipinski definition) is 7. The summed E-state index contributed by atoms with van der Waals surface area (Å²) >= 11 is 0. The maximum Gasteiger partial charge on any atom is 0.302 e. The largest absolute Gasteiger partial charge is 0.492 e. The quantitative estimate of drug-likeness (QED) is 0.477. The molecule has 2 aliphatic rings. The van der Waals surface area contributed by atoms with Crippen molar-refractivity contribution in [1.82, 2.24) is 0 Å². The van der Waals surface area contributed by atoms with Crippen LogP contribution in [0.3, 0.4) is 0 Å². The predicted octanol–water partition coefficient (Wildman–Crippen LogP) is 2.38. The molecular weight excluding hydrogens is 328 g/mol. The standard InChI is InChI=1S/C18H16O7/c1-7-11-10(4-19)12-9(5-23-8(2)20)6-24-17(12)16(22-3)13(11)14(21)18-15(7)25-18/h4,6-7,15,18H,5H2,1-3H3/t7-,15+,18-/m1/s1. The minimum absolute atomic E-state index is 0.0318. The summed E-state index contributed by atoms with van der Waals surface area (Å²) in [5.74, 6) is -0.481. The topological polar surface area (TPSA) is 95.3 Å². The molecule has 0 N–H and O–H groups in total. The highest BCUT2D eigenvalue weighted by atomic mass is 16.6. The minimum Gasteiger partial charge on any atom is -0.492 e. The lowest BCUT2D eigenvalue weighted by molar-refractivity contribution is -0.142. The Bertz CT molecular complexity index is 923. The van der Waals surface area contributed by atoms with Crippen molar-refractivity contribution in [3.63, 3.8) is 0 Å². The Morgan fingerprint density at radius 3 is 2.80 bits per heavy atom. The molecule has 4 rings (SSSR count). The summed E-state index contributed by atoms with van der Waals surface area (Å²) in [6.45, 7) is 3.19. The van der Waals surface area contributed by atoms with Crippen molar-refractivity contribution >= 4 is 29.0 Å². The van der Waals surface area contributed by atoms with E-state index in [1.54, 1.807) is 0 Å². The number of carbonyl (C=O) groups excluding carboxylic acids is 3. The second kappa shape index (κ2) is 5.42. The molecule has 0 spiro atoms. The van der Waals surface area contributed by atoms with Gasteiger partial charge in [0, 0.05) is 29.4 Å². The Hall–Kier alpha value is -2.67. The summed E-state index contributed by atoms with van der Waals surface area (Å²) in [6.07, 6.45) is 1.43. The number of Topliss-reactive ketones (excluding diaryl/α,β-unsaturated/α-hetero) is 1. The predicted molar refractivity (Wildman–Crippen MR) is 85.0 cm³/mol. The van der Waals surface area contributed by atoms with Crippen LogP contribution >= 0.6 is 0 Å². The number of hydrogen-bond donors (Lipinski definition) is 0. The minimum atomic E-state index is -0.483. The van der Waals surface area contributed by atoms with Crippen LogP contribution in [0.4, 0.5) is 0 Å². The van der Waals surface area contributed by atoms with Crippen molar-refractivity contribution in [3.8, 4) is 5.75 Å².